The Kier molecular flexibility index (Phi) is 3.09. The molecule has 0 radical (unpaired) electrons. The largest absolute Gasteiger partial charge is 0.245 e. The number of para-hydroxylation sites is 1. The lowest BCUT2D eigenvalue weighted by Crippen LogP contribution is -1.86. The smallest absolute Gasteiger partial charge is 0.101 e. The zero-order valence-electron chi connectivity index (χ0n) is 8.89. The van der Waals surface area contributed by atoms with E-state index in [0.29, 0.717) is 5.88 Å². The number of aromatic nitrogens is 2. The van der Waals surface area contributed by atoms with Crippen molar-refractivity contribution in [2.24, 2.45) is 0 Å². The second-order valence-electron chi connectivity index (χ2n) is 3.62. The van der Waals surface area contributed by atoms with Crippen molar-refractivity contribution in [3.63, 3.8) is 0 Å². The molecule has 0 aliphatic rings. The van der Waals surface area contributed by atoms with Crippen molar-refractivity contribution in [3.8, 4) is 0 Å². The number of nitrogens with zero attached hydrogens (tertiary/aromatic N) is 2. The van der Waals surface area contributed by atoms with Gasteiger partial charge in [-0.3, -0.25) is 0 Å². The molecule has 0 unspecified atom stereocenters. The molecule has 0 aliphatic heterocycles. The first-order valence-corrected chi connectivity index (χ1v) is 7.42. The van der Waals surface area contributed by atoms with Gasteiger partial charge in [-0.2, -0.15) is 0 Å². The number of hydrogen-bond donors (Lipinski definition) is 0. The molecule has 2 nitrogen and oxygen atoms in total. The van der Waals surface area contributed by atoms with Crippen LogP contribution in [-0.4, -0.2) is 9.97 Å². The van der Waals surface area contributed by atoms with Gasteiger partial charge in [0.1, 0.15) is 5.01 Å². The molecule has 86 valence electrons. The molecular weight excluding hydrogens is 272 g/mol. The Bertz CT molecular complexity index is 612. The van der Waals surface area contributed by atoms with Gasteiger partial charge in [-0.25, -0.2) is 9.97 Å². The van der Waals surface area contributed by atoms with E-state index in [4.69, 9.17) is 11.6 Å². The van der Waals surface area contributed by atoms with Gasteiger partial charge < -0.3 is 0 Å². The highest BCUT2D eigenvalue weighted by Gasteiger charge is 2.07. The molecule has 5 heteroatoms. The van der Waals surface area contributed by atoms with Crippen molar-refractivity contribution in [2.75, 3.05) is 0 Å². The van der Waals surface area contributed by atoms with Gasteiger partial charge >= 0.3 is 0 Å². The highest BCUT2D eigenvalue weighted by molar-refractivity contribution is 7.18. The van der Waals surface area contributed by atoms with Gasteiger partial charge in [0.15, 0.2) is 0 Å². The summed E-state index contributed by atoms with van der Waals surface area (Å²) in [7, 11) is 0. The molecule has 0 spiro atoms. The second-order valence-corrected chi connectivity index (χ2v) is 5.94. The number of alkyl halides is 1. The van der Waals surface area contributed by atoms with Crippen LogP contribution in [-0.2, 0) is 12.3 Å². The first-order chi connectivity index (χ1) is 8.35. The van der Waals surface area contributed by atoms with Gasteiger partial charge in [0.25, 0.3) is 0 Å². The molecule has 2 heterocycles. The van der Waals surface area contributed by atoms with Gasteiger partial charge in [-0.05, 0) is 12.1 Å². The molecule has 1 aromatic carbocycles. The van der Waals surface area contributed by atoms with Crippen LogP contribution in [0, 0.1) is 0 Å². The number of halogens is 1. The highest BCUT2D eigenvalue weighted by atomic mass is 35.5. The molecule has 3 rings (SSSR count). The van der Waals surface area contributed by atoms with E-state index < -0.39 is 0 Å². The lowest BCUT2D eigenvalue weighted by molar-refractivity contribution is 1.08. The fourth-order valence-corrected chi connectivity index (χ4v) is 3.71. The topological polar surface area (TPSA) is 25.8 Å². The summed E-state index contributed by atoms with van der Waals surface area (Å²) in [4.78, 5) is 9.04. The number of benzene rings is 1. The van der Waals surface area contributed by atoms with Gasteiger partial charge in [0, 0.05) is 5.38 Å². The van der Waals surface area contributed by atoms with Crippen molar-refractivity contribution in [1.29, 1.82) is 0 Å². The fraction of sp³-hybridized carbons (Fsp3) is 0.167. The summed E-state index contributed by atoms with van der Waals surface area (Å²) in [6.45, 7) is 0. The lowest BCUT2D eigenvalue weighted by Gasteiger charge is -1.89. The summed E-state index contributed by atoms with van der Waals surface area (Å²) in [5.41, 5.74) is 2.02. The molecule has 0 fully saturated rings. The SMILES string of the molecule is ClCc1csc(Cc2nc3ccccc3s2)n1. The molecule has 0 saturated carbocycles. The van der Waals surface area contributed by atoms with Crippen molar-refractivity contribution in [2.45, 2.75) is 12.3 Å². The summed E-state index contributed by atoms with van der Waals surface area (Å²) in [6, 6.07) is 8.20. The number of thiazole rings is 2. The van der Waals surface area contributed by atoms with Gasteiger partial charge in [0.05, 0.1) is 33.2 Å². The Morgan fingerprint density at radius 1 is 1.12 bits per heavy atom. The molecule has 17 heavy (non-hydrogen) atoms. The number of rotatable bonds is 3. The van der Waals surface area contributed by atoms with Crippen molar-refractivity contribution in [3.05, 3.63) is 45.4 Å². The molecule has 0 saturated heterocycles. The van der Waals surface area contributed by atoms with Crippen LogP contribution in [0.3, 0.4) is 0 Å². The van der Waals surface area contributed by atoms with Crippen LogP contribution in [0.4, 0.5) is 0 Å². The Morgan fingerprint density at radius 2 is 2.00 bits per heavy atom. The zero-order valence-corrected chi connectivity index (χ0v) is 11.3. The third-order valence-corrected chi connectivity index (χ3v) is 4.58. The third kappa shape index (κ3) is 2.34. The molecule has 0 N–H and O–H groups in total. The van der Waals surface area contributed by atoms with E-state index in [1.54, 1.807) is 22.7 Å². The molecule has 0 aliphatic carbocycles. The third-order valence-electron chi connectivity index (χ3n) is 2.38. The van der Waals surface area contributed by atoms with Crippen LogP contribution in [0.5, 0.6) is 0 Å². The fourth-order valence-electron chi connectivity index (χ4n) is 1.62. The van der Waals surface area contributed by atoms with Crippen molar-refractivity contribution >= 4 is 44.5 Å². The Hall–Kier alpha value is -0.970. The molecular formula is C12H9ClN2S2. The lowest BCUT2D eigenvalue weighted by atomic mass is 10.3. The minimum absolute atomic E-state index is 0.482. The van der Waals surface area contributed by atoms with Gasteiger partial charge in [-0.1, -0.05) is 12.1 Å². The Balaban J connectivity index is 1.89. The first kappa shape index (κ1) is 11.1. The maximum atomic E-state index is 5.74. The standard InChI is InChI=1S/C12H9ClN2S2/c13-6-8-7-16-11(14-8)5-12-15-9-3-1-2-4-10(9)17-12/h1-4,7H,5-6H2. The van der Waals surface area contributed by atoms with E-state index in [-0.39, 0.29) is 0 Å². The van der Waals surface area contributed by atoms with Crippen LogP contribution in [0.15, 0.2) is 29.6 Å². The van der Waals surface area contributed by atoms with Gasteiger partial charge in [0.2, 0.25) is 0 Å². The van der Waals surface area contributed by atoms with Crippen molar-refractivity contribution in [1.82, 2.24) is 9.97 Å². The zero-order chi connectivity index (χ0) is 11.7. The van der Waals surface area contributed by atoms with Gasteiger partial charge in [-0.15, -0.1) is 34.3 Å². The first-order valence-electron chi connectivity index (χ1n) is 5.19. The molecule has 0 amide bonds. The number of fused-ring (bicyclic) bond motifs is 1. The predicted molar refractivity (Wildman–Crippen MR) is 74.1 cm³/mol. The van der Waals surface area contributed by atoms with Crippen LogP contribution in [0.2, 0.25) is 0 Å². The van der Waals surface area contributed by atoms with E-state index in [0.717, 1.165) is 27.6 Å². The van der Waals surface area contributed by atoms with E-state index in [1.165, 1.54) is 4.70 Å². The summed E-state index contributed by atoms with van der Waals surface area (Å²) in [5.74, 6) is 0.482. The molecule has 0 atom stereocenters. The quantitative estimate of drug-likeness (QED) is 0.676. The Labute approximate surface area is 112 Å². The Morgan fingerprint density at radius 3 is 2.76 bits per heavy atom. The average Bonchev–Trinajstić information content (AvgIpc) is 2.94. The van der Waals surface area contributed by atoms with E-state index in [9.17, 15) is 0 Å². The average molecular weight is 281 g/mol. The van der Waals surface area contributed by atoms with E-state index in [1.807, 2.05) is 23.6 Å². The summed E-state index contributed by atoms with van der Waals surface area (Å²) in [6.07, 6.45) is 0.806. The molecule has 2 aromatic heterocycles. The van der Waals surface area contributed by atoms with Crippen LogP contribution in [0.1, 0.15) is 15.7 Å². The van der Waals surface area contributed by atoms with E-state index >= 15 is 0 Å². The second kappa shape index (κ2) is 4.72. The van der Waals surface area contributed by atoms with Crippen LogP contribution in [0.25, 0.3) is 10.2 Å². The molecule has 0 bridgehead atoms. The predicted octanol–water partition coefficient (Wildman–Crippen LogP) is 4.08. The summed E-state index contributed by atoms with van der Waals surface area (Å²) in [5, 5.41) is 4.21. The minimum atomic E-state index is 0.482. The van der Waals surface area contributed by atoms with Crippen LogP contribution >= 0.6 is 34.3 Å². The van der Waals surface area contributed by atoms with E-state index in [2.05, 4.69) is 16.0 Å². The maximum absolute atomic E-state index is 5.74. The monoisotopic (exact) mass is 280 g/mol. The normalized spacial score (nSPS) is 11.1. The highest BCUT2D eigenvalue weighted by Crippen LogP contribution is 2.24. The number of hydrogen-bond acceptors (Lipinski definition) is 4. The molecule has 3 aromatic rings. The maximum Gasteiger partial charge on any atom is 0.101 e. The summed E-state index contributed by atoms with van der Waals surface area (Å²) >= 11 is 9.12. The van der Waals surface area contributed by atoms with Crippen molar-refractivity contribution < 1.29 is 0 Å². The minimum Gasteiger partial charge on any atom is -0.245 e. The van der Waals surface area contributed by atoms with Crippen LogP contribution < -0.4 is 0 Å². The summed E-state index contributed by atoms with van der Waals surface area (Å²) < 4.78 is 1.23.